The lowest BCUT2D eigenvalue weighted by Crippen LogP contribution is -2.40. The van der Waals surface area contributed by atoms with Crippen molar-refractivity contribution in [2.75, 3.05) is 26.4 Å². The van der Waals surface area contributed by atoms with Gasteiger partial charge in [0.1, 0.15) is 0 Å². The van der Waals surface area contributed by atoms with Crippen LogP contribution in [0.15, 0.2) is 23.8 Å². The van der Waals surface area contributed by atoms with Gasteiger partial charge in [-0.05, 0) is 49.9 Å². The lowest BCUT2D eigenvalue weighted by Gasteiger charge is -2.40. The second kappa shape index (κ2) is 9.37. The largest absolute Gasteiger partial charge is 0.380 e. The van der Waals surface area contributed by atoms with E-state index in [1.165, 1.54) is 57.8 Å². The smallest absolute Gasteiger partial charge is 0.0584 e. The number of allylic oxidation sites excluding steroid dienone is 3. The maximum absolute atomic E-state index is 6.27. The molecule has 0 heterocycles. The molecule has 25 heavy (non-hydrogen) atoms. The van der Waals surface area contributed by atoms with E-state index in [9.17, 15) is 0 Å². The van der Waals surface area contributed by atoms with Crippen molar-refractivity contribution in [2.45, 2.75) is 71.6 Å². The first-order chi connectivity index (χ1) is 12.3. The van der Waals surface area contributed by atoms with Gasteiger partial charge in [0, 0.05) is 18.6 Å². The van der Waals surface area contributed by atoms with Crippen molar-refractivity contribution in [3.05, 3.63) is 23.8 Å². The lowest BCUT2D eigenvalue weighted by atomic mass is 9.69. The Bertz CT molecular complexity index is 453. The molecule has 0 spiro atoms. The van der Waals surface area contributed by atoms with Gasteiger partial charge in [-0.1, -0.05) is 63.3 Å². The molecule has 3 unspecified atom stereocenters. The molecule has 2 heteroatoms. The predicted molar refractivity (Wildman–Crippen MR) is 105 cm³/mol. The zero-order chi connectivity index (χ0) is 17.5. The van der Waals surface area contributed by atoms with Gasteiger partial charge < -0.3 is 9.47 Å². The molecule has 2 nitrogen and oxygen atoms in total. The zero-order valence-corrected chi connectivity index (χ0v) is 16.5. The summed E-state index contributed by atoms with van der Waals surface area (Å²) >= 11 is 0. The van der Waals surface area contributed by atoms with Crippen LogP contribution in [-0.2, 0) is 9.47 Å². The molecular weight excluding hydrogens is 308 g/mol. The van der Waals surface area contributed by atoms with E-state index in [-0.39, 0.29) is 5.41 Å². The number of hydrogen-bond donors (Lipinski definition) is 0. The van der Waals surface area contributed by atoms with E-state index in [4.69, 9.17) is 9.47 Å². The summed E-state index contributed by atoms with van der Waals surface area (Å²) in [4.78, 5) is 0. The van der Waals surface area contributed by atoms with Gasteiger partial charge in [0.2, 0.25) is 0 Å². The molecule has 3 rings (SSSR count). The highest BCUT2D eigenvalue weighted by Gasteiger charge is 2.56. The molecule has 0 aromatic carbocycles. The van der Waals surface area contributed by atoms with Gasteiger partial charge in [-0.2, -0.15) is 0 Å². The normalized spacial score (nSPS) is 30.0. The molecule has 2 fully saturated rings. The van der Waals surface area contributed by atoms with E-state index in [2.05, 4.69) is 32.1 Å². The second-order valence-electron chi connectivity index (χ2n) is 8.42. The van der Waals surface area contributed by atoms with Crippen molar-refractivity contribution in [1.82, 2.24) is 0 Å². The summed E-state index contributed by atoms with van der Waals surface area (Å²) in [5.74, 6) is 2.37. The van der Waals surface area contributed by atoms with Crippen molar-refractivity contribution in [3.63, 3.8) is 0 Å². The van der Waals surface area contributed by atoms with Gasteiger partial charge >= 0.3 is 0 Å². The number of hydrogen-bond acceptors (Lipinski definition) is 2. The first kappa shape index (κ1) is 19.2. The molecule has 0 N–H and O–H groups in total. The summed E-state index contributed by atoms with van der Waals surface area (Å²) in [6.07, 6.45) is 18.7. The summed E-state index contributed by atoms with van der Waals surface area (Å²) < 4.78 is 12.5. The van der Waals surface area contributed by atoms with Crippen LogP contribution in [0.3, 0.4) is 0 Å². The number of fused-ring (bicyclic) bond motifs is 3. The third-order valence-corrected chi connectivity index (χ3v) is 6.83. The van der Waals surface area contributed by atoms with Gasteiger partial charge in [0.05, 0.1) is 13.2 Å². The topological polar surface area (TPSA) is 18.5 Å². The molecule has 0 radical (unpaired) electrons. The van der Waals surface area contributed by atoms with Crippen LogP contribution in [0, 0.1) is 23.2 Å². The van der Waals surface area contributed by atoms with E-state index in [1.54, 1.807) is 5.57 Å². The van der Waals surface area contributed by atoms with Gasteiger partial charge in [-0.15, -0.1) is 0 Å². The summed E-state index contributed by atoms with van der Waals surface area (Å²) in [5.41, 5.74) is 1.81. The molecule has 2 saturated carbocycles. The van der Waals surface area contributed by atoms with E-state index in [1.807, 2.05) is 0 Å². The standard InChI is InChI=1S/C23H38O2/c1-3-5-15-24-17-23(18-25-16-6-4-2)21-13-9-7-11-19(21)20-12-8-10-14-22(20)23/h7,9,13,19-20,22H,3-6,8,10-12,14-18H2,1-2H3. The van der Waals surface area contributed by atoms with Gasteiger partial charge in [0.15, 0.2) is 0 Å². The van der Waals surface area contributed by atoms with Crippen LogP contribution >= 0.6 is 0 Å². The minimum Gasteiger partial charge on any atom is -0.380 e. The fraction of sp³-hybridized carbons (Fsp3) is 0.826. The SMILES string of the molecule is CCCCOCC1(COCCCC)C2=CC=CCC2C2CCCCC21. The first-order valence-corrected chi connectivity index (χ1v) is 10.9. The number of rotatable bonds is 10. The van der Waals surface area contributed by atoms with Crippen molar-refractivity contribution >= 4 is 0 Å². The second-order valence-corrected chi connectivity index (χ2v) is 8.42. The van der Waals surface area contributed by atoms with Gasteiger partial charge in [-0.3, -0.25) is 0 Å². The van der Waals surface area contributed by atoms with Crippen LogP contribution in [0.25, 0.3) is 0 Å². The molecule has 0 bridgehead atoms. The van der Waals surface area contributed by atoms with Crippen LogP contribution in [-0.4, -0.2) is 26.4 Å². The van der Waals surface area contributed by atoms with Crippen LogP contribution in [0.1, 0.15) is 71.6 Å². The molecule has 0 aromatic rings. The average Bonchev–Trinajstić information content (AvgIpc) is 2.94. The monoisotopic (exact) mass is 346 g/mol. The van der Waals surface area contributed by atoms with Crippen LogP contribution in [0.5, 0.6) is 0 Å². The minimum atomic E-state index is 0.141. The fourth-order valence-electron chi connectivity index (χ4n) is 5.55. The van der Waals surface area contributed by atoms with E-state index in [0.717, 1.165) is 44.2 Å². The third-order valence-electron chi connectivity index (χ3n) is 6.83. The highest BCUT2D eigenvalue weighted by molar-refractivity contribution is 5.35. The maximum atomic E-state index is 6.27. The fourth-order valence-corrected chi connectivity index (χ4v) is 5.55. The van der Waals surface area contributed by atoms with E-state index < -0.39 is 0 Å². The van der Waals surface area contributed by atoms with Gasteiger partial charge in [0.25, 0.3) is 0 Å². The third kappa shape index (κ3) is 4.06. The number of unbranched alkanes of at least 4 members (excludes halogenated alkanes) is 2. The molecule has 3 aliphatic carbocycles. The Labute approximate surface area is 155 Å². The Morgan fingerprint density at radius 3 is 2.36 bits per heavy atom. The van der Waals surface area contributed by atoms with Crippen molar-refractivity contribution in [3.8, 4) is 0 Å². The predicted octanol–water partition coefficient (Wildman–Crippen LogP) is 5.93. The summed E-state index contributed by atoms with van der Waals surface area (Å²) in [6, 6.07) is 0. The van der Waals surface area contributed by atoms with E-state index in [0.29, 0.717) is 0 Å². The molecule has 0 aliphatic heterocycles. The van der Waals surface area contributed by atoms with Crippen molar-refractivity contribution in [2.24, 2.45) is 23.2 Å². The Balaban J connectivity index is 1.80. The Morgan fingerprint density at radius 1 is 1.00 bits per heavy atom. The minimum absolute atomic E-state index is 0.141. The Hall–Kier alpha value is -0.600. The lowest BCUT2D eigenvalue weighted by molar-refractivity contribution is -0.0393. The van der Waals surface area contributed by atoms with Crippen molar-refractivity contribution < 1.29 is 9.47 Å². The first-order valence-electron chi connectivity index (χ1n) is 10.9. The van der Waals surface area contributed by atoms with Crippen molar-refractivity contribution in [1.29, 1.82) is 0 Å². The summed E-state index contributed by atoms with van der Waals surface area (Å²) in [7, 11) is 0. The van der Waals surface area contributed by atoms with Crippen LogP contribution < -0.4 is 0 Å². The van der Waals surface area contributed by atoms with E-state index >= 15 is 0 Å². The summed E-state index contributed by atoms with van der Waals surface area (Å²) in [5, 5.41) is 0. The molecule has 3 atom stereocenters. The Kier molecular flexibility index (Phi) is 7.18. The molecule has 142 valence electrons. The van der Waals surface area contributed by atoms with Crippen LogP contribution in [0.2, 0.25) is 0 Å². The highest BCUT2D eigenvalue weighted by Crippen LogP contribution is 2.61. The van der Waals surface area contributed by atoms with Gasteiger partial charge in [-0.25, -0.2) is 0 Å². The molecule has 0 aromatic heterocycles. The molecule has 3 aliphatic rings. The number of ether oxygens (including phenoxy) is 2. The zero-order valence-electron chi connectivity index (χ0n) is 16.5. The quantitative estimate of drug-likeness (QED) is 0.456. The highest BCUT2D eigenvalue weighted by atomic mass is 16.5. The molecular formula is C23H38O2. The average molecular weight is 347 g/mol. The summed E-state index contributed by atoms with van der Waals surface area (Å²) in [6.45, 7) is 8.03. The Morgan fingerprint density at radius 2 is 1.68 bits per heavy atom. The molecule has 0 saturated heterocycles. The maximum Gasteiger partial charge on any atom is 0.0584 e. The van der Waals surface area contributed by atoms with Crippen LogP contribution in [0.4, 0.5) is 0 Å². The molecule has 0 amide bonds.